The molecule has 2 aliphatic heterocycles. The van der Waals surface area contributed by atoms with Gasteiger partial charge in [-0.1, -0.05) is 36.4 Å². The molecule has 0 bridgehead atoms. The summed E-state index contributed by atoms with van der Waals surface area (Å²) < 4.78 is 124. The summed E-state index contributed by atoms with van der Waals surface area (Å²) in [5, 5.41) is 18.7. The third kappa shape index (κ3) is 18.3. The Labute approximate surface area is 461 Å². The number of nitrogens with zero attached hydrogens (tertiary/aromatic N) is 2. The molecule has 0 saturated carbocycles. The largest absolute Gasteiger partial charge is 0.481 e. The van der Waals surface area contributed by atoms with Gasteiger partial charge in [0, 0.05) is 61.5 Å². The van der Waals surface area contributed by atoms with Crippen LogP contribution in [-0.2, 0) is 52.7 Å². The third-order valence-corrected chi connectivity index (χ3v) is 12.2. The van der Waals surface area contributed by atoms with Crippen LogP contribution in [0.3, 0.4) is 0 Å². The number of carbonyl (C=O) groups excluding carboxylic acids is 9. The van der Waals surface area contributed by atoms with Crippen molar-refractivity contribution in [3.05, 3.63) is 119 Å². The van der Waals surface area contributed by atoms with Crippen molar-refractivity contribution >= 4 is 70.3 Å². The Kier molecular flexibility index (Phi) is 22.5. The van der Waals surface area contributed by atoms with Crippen molar-refractivity contribution in [3.63, 3.8) is 0 Å². The number of ether oxygens (including phenoxy) is 3. The van der Waals surface area contributed by atoms with Crippen molar-refractivity contribution < 1.29 is 102 Å². The van der Waals surface area contributed by atoms with E-state index in [1.807, 2.05) is 0 Å². The molecule has 4 aromatic carbocycles. The van der Waals surface area contributed by atoms with Crippen LogP contribution in [0.2, 0.25) is 0 Å². The van der Waals surface area contributed by atoms with E-state index in [9.17, 15) is 83.1 Å². The fraction of sp³-hybridized carbons (Fsp3) is 0.370. The molecule has 5 N–H and O–H groups in total. The lowest BCUT2D eigenvalue weighted by Crippen LogP contribution is -2.50. The zero-order valence-corrected chi connectivity index (χ0v) is 43.9. The van der Waals surface area contributed by atoms with Crippen molar-refractivity contribution in [2.24, 2.45) is 11.8 Å². The summed E-state index contributed by atoms with van der Waals surface area (Å²) in [6.45, 7) is 2.54. The second-order valence-corrected chi connectivity index (χ2v) is 19.4. The van der Waals surface area contributed by atoms with Crippen LogP contribution in [0, 0.1) is 58.4 Å². The monoisotopic (exact) mass is 1160 g/mol. The zero-order valence-electron chi connectivity index (χ0n) is 43.9. The van der Waals surface area contributed by atoms with Gasteiger partial charge in [-0.15, -0.1) is 0 Å². The zero-order chi connectivity index (χ0) is 60.6. The summed E-state index contributed by atoms with van der Waals surface area (Å²) in [5.41, 5.74) is -0.0769. The molecule has 2 atom stereocenters. The highest BCUT2D eigenvalue weighted by Gasteiger charge is 2.36. The van der Waals surface area contributed by atoms with Gasteiger partial charge in [0.15, 0.2) is 46.3 Å². The standard InChI is InChI=1S/C29H31F4N3O7.C25H23F4N3O7/c1-29(2,3)43-22(38)14-20(21(37)15-42-25-23(32)18(30)13-19(31)24(25)33)35-26(39)16-9-11-36(12-10-16)28(41)27(40)34-17-7-5-4-6-8-17;26-15-10-16(27)21(29)22(20(15)28)39-12-18(33)17(11-19(34)35)31-23(36)13-6-8-32(9-7-13)25(38)24(37)30-14-4-2-1-3-5-14/h4-8,13,16,20H,9-12,14-15H2,1-3H3,(H,34,40)(H,35,39);1-5,10,13,17H,6-9,11-12H2,(H,30,37)(H,31,36)(H,34,35)/t20-;17-/m00/s1. The minimum Gasteiger partial charge on any atom is -0.481 e. The molecule has 2 heterocycles. The number of nitrogens with one attached hydrogen (secondary N) is 4. The van der Waals surface area contributed by atoms with Gasteiger partial charge in [0.2, 0.25) is 35.1 Å². The number of likely N-dealkylation sites (tertiary alicyclic amines) is 2. The topological polar surface area (TPSA) is 273 Å². The van der Waals surface area contributed by atoms with Gasteiger partial charge >= 0.3 is 35.6 Å². The van der Waals surface area contributed by atoms with E-state index < -0.39 is 173 Å². The van der Waals surface area contributed by atoms with Crippen LogP contribution in [0.15, 0.2) is 72.8 Å². The maximum atomic E-state index is 14.0. The second-order valence-electron chi connectivity index (χ2n) is 19.4. The van der Waals surface area contributed by atoms with E-state index in [-0.39, 0.29) is 64.0 Å². The Balaban J connectivity index is 0.000000302. The number of anilines is 2. The number of para-hydroxylation sites is 2. The number of amides is 6. The molecule has 6 amide bonds. The molecule has 2 saturated heterocycles. The van der Waals surface area contributed by atoms with Crippen molar-refractivity contribution in [2.45, 2.75) is 77.0 Å². The highest BCUT2D eigenvalue weighted by Crippen LogP contribution is 2.29. The van der Waals surface area contributed by atoms with Crippen LogP contribution in [0.4, 0.5) is 46.5 Å². The maximum Gasteiger partial charge on any atom is 0.313 e. The van der Waals surface area contributed by atoms with Gasteiger partial charge < -0.3 is 50.4 Å². The predicted octanol–water partition coefficient (Wildman–Crippen LogP) is 5.31. The van der Waals surface area contributed by atoms with Gasteiger partial charge in [-0.25, -0.2) is 17.6 Å². The molecule has 82 heavy (non-hydrogen) atoms. The number of rotatable bonds is 18. The minimum atomic E-state index is -1.89. The number of ketones is 2. The highest BCUT2D eigenvalue weighted by molar-refractivity contribution is 6.40. The lowest BCUT2D eigenvalue weighted by atomic mass is 9.95. The molecule has 28 heteroatoms. The number of Topliss-reactive ketones (excluding diaryl/α,β-unsaturated/α-hetero) is 2. The number of halogens is 8. The van der Waals surface area contributed by atoms with Crippen molar-refractivity contribution in [1.29, 1.82) is 0 Å². The Bertz CT molecular complexity index is 2990. The van der Waals surface area contributed by atoms with Gasteiger partial charge in [-0.2, -0.15) is 17.6 Å². The van der Waals surface area contributed by atoms with E-state index in [1.165, 1.54) is 9.80 Å². The van der Waals surface area contributed by atoms with E-state index in [1.54, 1.807) is 81.4 Å². The number of piperidine rings is 2. The third-order valence-electron chi connectivity index (χ3n) is 12.2. The van der Waals surface area contributed by atoms with Crippen LogP contribution in [0.1, 0.15) is 59.3 Å². The van der Waals surface area contributed by atoms with Crippen molar-refractivity contribution in [3.8, 4) is 11.5 Å². The first-order valence-electron chi connectivity index (χ1n) is 25.0. The molecule has 0 spiro atoms. The predicted molar refractivity (Wildman–Crippen MR) is 269 cm³/mol. The van der Waals surface area contributed by atoms with Crippen molar-refractivity contribution in [2.75, 3.05) is 50.0 Å². The molecular weight excluding hydrogens is 1110 g/mol. The van der Waals surface area contributed by atoms with Gasteiger partial charge in [-0.3, -0.25) is 47.9 Å². The molecule has 2 fully saturated rings. The first kappa shape index (κ1) is 63.8. The first-order chi connectivity index (χ1) is 38.6. The smallest absolute Gasteiger partial charge is 0.313 e. The number of carboxylic acid groups (broad SMARTS) is 1. The SMILES string of the molecule is CC(C)(C)OC(=O)C[C@H](NC(=O)C1CCN(C(=O)C(=O)Nc2ccccc2)CC1)C(=O)COc1c(F)c(F)cc(F)c1F.O=C(O)C[C@H](NC(=O)C1CCN(C(=O)C(=O)Nc2ccccc2)CC1)C(=O)COc1c(F)c(F)cc(F)c1F. The number of carboxylic acids is 1. The Hall–Kier alpha value is -8.98. The summed E-state index contributed by atoms with van der Waals surface area (Å²) >= 11 is 0. The molecule has 4 aromatic rings. The molecular formula is C54H54F8N6O14. The van der Waals surface area contributed by atoms with Crippen LogP contribution >= 0.6 is 0 Å². The van der Waals surface area contributed by atoms with Crippen LogP contribution < -0.4 is 30.7 Å². The van der Waals surface area contributed by atoms with Gasteiger partial charge in [-0.05, 0) is 70.7 Å². The molecule has 2 aliphatic rings. The van der Waals surface area contributed by atoms with E-state index in [2.05, 4.69) is 26.0 Å². The number of carbonyl (C=O) groups is 10. The van der Waals surface area contributed by atoms with Gasteiger partial charge in [0.05, 0.1) is 12.8 Å². The van der Waals surface area contributed by atoms with E-state index in [4.69, 9.17) is 14.6 Å². The van der Waals surface area contributed by atoms with Crippen molar-refractivity contribution in [1.82, 2.24) is 20.4 Å². The molecule has 0 radical (unpaired) electrons. The Morgan fingerprint density at radius 1 is 0.537 bits per heavy atom. The average molecular weight is 1160 g/mol. The number of hydrogen-bond acceptors (Lipinski definition) is 13. The van der Waals surface area contributed by atoms with Gasteiger partial charge in [0.1, 0.15) is 30.9 Å². The van der Waals surface area contributed by atoms with E-state index in [0.717, 1.165) is 0 Å². The number of aliphatic carboxylic acids is 1. The second kappa shape index (κ2) is 28.9. The Morgan fingerprint density at radius 3 is 1.18 bits per heavy atom. The summed E-state index contributed by atoms with van der Waals surface area (Å²) in [7, 11) is 0. The number of hydrogen-bond donors (Lipinski definition) is 5. The normalized spacial score (nSPS) is 14.4. The van der Waals surface area contributed by atoms with Crippen LogP contribution in [0.5, 0.6) is 11.5 Å². The van der Waals surface area contributed by atoms with Crippen LogP contribution in [0.25, 0.3) is 0 Å². The lowest BCUT2D eigenvalue weighted by Gasteiger charge is -2.31. The van der Waals surface area contributed by atoms with Gasteiger partial charge in [0.25, 0.3) is 0 Å². The molecule has 0 unspecified atom stereocenters. The van der Waals surface area contributed by atoms with Crippen LogP contribution in [-0.4, -0.2) is 131 Å². The molecule has 6 rings (SSSR count). The quantitative estimate of drug-likeness (QED) is 0.0366. The summed E-state index contributed by atoms with van der Waals surface area (Å²) in [4.78, 5) is 127. The highest BCUT2D eigenvalue weighted by atomic mass is 19.2. The summed E-state index contributed by atoms with van der Waals surface area (Å²) in [5.74, 6) is -28.2. The van der Waals surface area contributed by atoms with E-state index in [0.29, 0.717) is 11.4 Å². The molecule has 0 aliphatic carbocycles. The minimum absolute atomic E-state index is 0.0283. The first-order valence-corrected chi connectivity index (χ1v) is 25.0. The summed E-state index contributed by atoms with van der Waals surface area (Å²) in [6.07, 6.45) is -1.14. The summed E-state index contributed by atoms with van der Waals surface area (Å²) in [6, 6.07) is 13.3. The molecule has 0 aromatic heterocycles. The van der Waals surface area contributed by atoms with E-state index >= 15 is 0 Å². The fourth-order valence-electron chi connectivity index (χ4n) is 8.03. The average Bonchev–Trinajstić information content (AvgIpc) is 3.48. The molecule has 20 nitrogen and oxygen atoms in total. The molecule has 440 valence electrons. The lowest BCUT2D eigenvalue weighted by molar-refractivity contribution is -0.156. The Morgan fingerprint density at radius 2 is 0.866 bits per heavy atom. The number of benzene rings is 4. The fourth-order valence-corrected chi connectivity index (χ4v) is 8.03. The number of esters is 1. The maximum absolute atomic E-state index is 14.0.